The molecule has 0 atom stereocenters. The molecule has 3 aromatic rings. The number of rotatable bonds is 1. The van der Waals surface area contributed by atoms with Gasteiger partial charge in [-0.05, 0) is 33.4 Å². The second-order valence-corrected chi connectivity index (χ2v) is 9.36. The van der Waals surface area contributed by atoms with E-state index >= 15 is 0 Å². The Morgan fingerprint density at radius 2 is 1.52 bits per heavy atom. The van der Waals surface area contributed by atoms with Gasteiger partial charge in [-0.2, -0.15) is 0 Å². The van der Waals surface area contributed by atoms with Crippen LogP contribution < -0.4 is 0 Å². The minimum Gasteiger partial charge on any atom is -0.296 e. The van der Waals surface area contributed by atoms with Crippen molar-refractivity contribution < 1.29 is 20.1 Å². The monoisotopic (exact) mass is 535 g/mol. The Kier molecular flexibility index (Phi) is 4.69. The van der Waals surface area contributed by atoms with Crippen molar-refractivity contribution in [2.45, 2.75) is 59.3 Å². The van der Waals surface area contributed by atoms with E-state index in [0.717, 1.165) is 16.8 Å². The van der Waals surface area contributed by atoms with Gasteiger partial charge in [-0.3, -0.25) is 4.98 Å². The molecule has 1 nitrogen and oxygen atoms in total. The van der Waals surface area contributed by atoms with E-state index in [4.69, 9.17) is 4.98 Å². The van der Waals surface area contributed by atoms with Crippen LogP contribution in [-0.2, 0) is 30.9 Å². The number of nitrogens with zero attached hydrogens (tertiary/aromatic N) is 1. The predicted molar refractivity (Wildman–Crippen MR) is 111 cm³/mol. The van der Waals surface area contributed by atoms with Gasteiger partial charge in [0.2, 0.25) is 0 Å². The number of benzene rings is 2. The van der Waals surface area contributed by atoms with Crippen molar-refractivity contribution in [1.29, 1.82) is 0 Å². The minimum atomic E-state index is 0. The van der Waals surface area contributed by atoms with Crippen molar-refractivity contribution >= 4 is 10.9 Å². The molecule has 0 bridgehead atoms. The molecular formula is C25H28IrN-. The van der Waals surface area contributed by atoms with E-state index in [9.17, 15) is 0 Å². The number of fused-ring (bicyclic) bond motifs is 2. The molecule has 2 heteroatoms. The molecule has 4 rings (SSSR count). The van der Waals surface area contributed by atoms with Gasteiger partial charge in [0, 0.05) is 20.1 Å². The zero-order valence-corrected chi connectivity index (χ0v) is 19.7. The third kappa shape index (κ3) is 2.64. The second kappa shape index (κ2) is 6.26. The van der Waals surface area contributed by atoms with E-state index in [0.29, 0.717) is 0 Å². The molecular weight excluding hydrogens is 506 g/mol. The number of aromatic nitrogens is 1. The van der Waals surface area contributed by atoms with Crippen molar-refractivity contribution in [2.75, 3.05) is 0 Å². The predicted octanol–water partition coefficient (Wildman–Crippen LogP) is 6.60. The molecule has 0 fully saturated rings. The van der Waals surface area contributed by atoms with Crippen LogP contribution in [0.4, 0.5) is 0 Å². The van der Waals surface area contributed by atoms with E-state index in [1.54, 1.807) is 0 Å². The Hall–Kier alpha value is -1.50. The molecule has 0 unspecified atom stereocenters. The van der Waals surface area contributed by atoms with Gasteiger partial charge in [0.25, 0.3) is 0 Å². The average molecular weight is 535 g/mol. The van der Waals surface area contributed by atoms with Crippen LogP contribution in [0, 0.1) is 18.4 Å². The fourth-order valence-electron chi connectivity index (χ4n) is 4.80. The summed E-state index contributed by atoms with van der Waals surface area (Å²) in [5.74, 6) is 0. The average Bonchev–Trinajstić information content (AvgIpc) is 2.69. The summed E-state index contributed by atoms with van der Waals surface area (Å²) in [6.07, 6.45) is 0. The van der Waals surface area contributed by atoms with Crippen molar-refractivity contribution in [1.82, 2.24) is 4.98 Å². The van der Waals surface area contributed by atoms with E-state index in [-0.39, 0.29) is 36.4 Å². The summed E-state index contributed by atoms with van der Waals surface area (Å²) in [5.41, 5.74) is 7.70. The molecule has 1 aliphatic rings. The van der Waals surface area contributed by atoms with Crippen LogP contribution in [0.25, 0.3) is 22.2 Å². The van der Waals surface area contributed by atoms with Crippen molar-refractivity contribution in [3.63, 3.8) is 0 Å². The van der Waals surface area contributed by atoms with Gasteiger partial charge in [-0.15, -0.1) is 34.4 Å². The molecule has 1 radical (unpaired) electrons. The molecule has 0 N–H and O–H groups in total. The van der Waals surface area contributed by atoms with Crippen LogP contribution in [0.3, 0.4) is 0 Å². The maximum absolute atomic E-state index is 4.90. The number of aryl methyl sites for hydroxylation is 1. The SMILES string of the molecule is Cc1[c-]c(-c2ccc3ccccc3n2)cc2c1C(C)(C)C(C)(C)C2(C)C.[Ir]. The molecule has 1 aliphatic carbocycles. The van der Waals surface area contributed by atoms with E-state index in [1.165, 1.54) is 22.1 Å². The summed E-state index contributed by atoms with van der Waals surface area (Å²) in [4.78, 5) is 4.90. The van der Waals surface area contributed by atoms with Crippen LogP contribution in [0.2, 0.25) is 0 Å². The van der Waals surface area contributed by atoms with Gasteiger partial charge in [0.1, 0.15) is 0 Å². The standard InChI is InChI=1S/C25H28N.Ir/c1-16-14-18(21-13-12-17-10-8-9-11-20(17)26-21)15-19-22(16)24(4,5)25(6,7)23(19,2)3;/h8-13,15H,1-7H3;/q-1;. The molecule has 2 aromatic carbocycles. The van der Waals surface area contributed by atoms with Crippen molar-refractivity contribution in [3.05, 3.63) is 65.2 Å². The topological polar surface area (TPSA) is 12.9 Å². The third-order valence-electron chi connectivity index (χ3n) is 7.55. The first-order chi connectivity index (χ1) is 12.1. The Labute approximate surface area is 177 Å². The number of hydrogen-bond donors (Lipinski definition) is 0. The van der Waals surface area contributed by atoms with Gasteiger partial charge in [-0.25, -0.2) is 0 Å². The summed E-state index contributed by atoms with van der Waals surface area (Å²) in [7, 11) is 0. The van der Waals surface area contributed by atoms with E-state index in [2.05, 4.69) is 90.9 Å². The van der Waals surface area contributed by atoms with E-state index in [1.807, 2.05) is 6.07 Å². The molecule has 0 amide bonds. The quantitative estimate of drug-likeness (QED) is 0.321. The van der Waals surface area contributed by atoms with Gasteiger partial charge < -0.3 is 0 Å². The van der Waals surface area contributed by atoms with Crippen LogP contribution in [0.5, 0.6) is 0 Å². The van der Waals surface area contributed by atoms with Crippen molar-refractivity contribution in [2.24, 2.45) is 5.41 Å². The fourth-order valence-corrected chi connectivity index (χ4v) is 4.80. The smallest absolute Gasteiger partial charge is 0.0595 e. The molecule has 0 spiro atoms. The Morgan fingerprint density at radius 3 is 2.22 bits per heavy atom. The summed E-state index contributed by atoms with van der Waals surface area (Å²) in [5, 5.41) is 1.18. The zero-order chi connectivity index (χ0) is 18.9. The molecule has 1 heterocycles. The summed E-state index contributed by atoms with van der Waals surface area (Å²) < 4.78 is 0. The molecule has 1 aromatic heterocycles. The first-order valence-electron chi connectivity index (χ1n) is 9.51. The first-order valence-corrected chi connectivity index (χ1v) is 9.51. The molecule has 0 aliphatic heterocycles. The summed E-state index contributed by atoms with van der Waals surface area (Å²) in [6, 6.07) is 18.6. The minimum absolute atomic E-state index is 0. The van der Waals surface area contributed by atoms with Crippen LogP contribution in [0.1, 0.15) is 58.2 Å². The zero-order valence-electron chi connectivity index (χ0n) is 17.3. The first kappa shape index (κ1) is 20.2. The largest absolute Gasteiger partial charge is 0.296 e. The number of para-hydroxylation sites is 1. The summed E-state index contributed by atoms with van der Waals surface area (Å²) in [6.45, 7) is 16.6. The molecule has 0 saturated carbocycles. The maximum Gasteiger partial charge on any atom is 0.0595 e. The second-order valence-electron chi connectivity index (χ2n) is 9.36. The fraction of sp³-hybridized carbons (Fsp3) is 0.400. The van der Waals surface area contributed by atoms with Gasteiger partial charge in [0.05, 0.1) is 5.52 Å². The number of hydrogen-bond acceptors (Lipinski definition) is 1. The maximum atomic E-state index is 4.90. The normalized spacial score (nSPS) is 18.8. The molecule has 143 valence electrons. The van der Waals surface area contributed by atoms with Gasteiger partial charge in [0.15, 0.2) is 0 Å². The van der Waals surface area contributed by atoms with Crippen LogP contribution in [-0.4, -0.2) is 4.98 Å². The van der Waals surface area contributed by atoms with Crippen LogP contribution >= 0.6 is 0 Å². The number of pyridine rings is 1. The van der Waals surface area contributed by atoms with Gasteiger partial charge in [-0.1, -0.05) is 78.8 Å². The molecule has 0 saturated heterocycles. The van der Waals surface area contributed by atoms with Crippen LogP contribution in [0.15, 0.2) is 42.5 Å². The Bertz CT molecular complexity index is 1030. The van der Waals surface area contributed by atoms with Gasteiger partial charge >= 0.3 is 0 Å². The third-order valence-corrected chi connectivity index (χ3v) is 7.55. The Morgan fingerprint density at radius 1 is 0.852 bits per heavy atom. The summed E-state index contributed by atoms with van der Waals surface area (Å²) >= 11 is 0. The Balaban J connectivity index is 0.00000210. The molecule has 27 heavy (non-hydrogen) atoms. The van der Waals surface area contributed by atoms with Crippen molar-refractivity contribution in [3.8, 4) is 11.3 Å². The van der Waals surface area contributed by atoms with E-state index < -0.39 is 0 Å².